The van der Waals surface area contributed by atoms with Crippen LogP contribution in [0.4, 0.5) is 0 Å². The topological polar surface area (TPSA) is 45.9 Å². The van der Waals surface area contributed by atoms with Gasteiger partial charge in [-0.05, 0) is 25.1 Å². The van der Waals surface area contributed by atoms with E-state index in [1.807, 2.05) is 50.4 Å². The third-order valence-electron chi connectivity index (χ3n) is 4.01. The van der Waals surface area contributed by atoms with Crippen molar-refractivity contribution in [2.45, 2.75) is 20.0 Å². The van der Waals surface area contributed by atoms with Crippen LogP contribution in [-0.4, -0.2) is 42.5 Å². The lowest BCUT2D eigenvalue weighted by molar-refractivity contribution is -0.132. The molecule has 1 aliphatic heterocycles. The van der Waals surface area contributed by atoms with E-state index in [9.17, 15) is 4.79 Å². The molecule has 0 saturated heterocycles. The first-order valence-corrected chi connectivity index (χ1v) is 7.84. The van der Waals surface area contributed by atoms with E-state index in [-0.39, 0.29) is 5.91 Å². The summed E-state index contributed by atoms with van der Waals surface area (Å²) in [5.41, 5.74) is 1.13. The Bertz CT molecular complexity index is 680. The van der Waals surface area contributed by atoms with Crippen LogP contribution in [0.15, 0.2) is 40.8 Å². The normalized spacial score (nSPS) is 14.7. The Morgan fingerprint density at radius 1 is 1.26 bits per heavy atom. The molecule has 5 heteroatoms. The summed E-state index contributed by atoms with van der Waals surface area (Å²) in [7, 11) is 1.81. The van der Waals surface area contributed by atoms with E-state index in [0.29, 0.717) is 19.7 Å². The number of benzene rings is 1. The first-order valence-electron chi connectivity index (χ1n) is 7.84. The van der Waals surface area contributed by atoms with Crippen LogP contribution in [0.1, 0.15) is 17.1 Å². The van der Waals surface area contributed by atoms with E-state index in [1.165, 1.54) is 0 Å². The minimum Gasteiger partial charge on any atom is -0.492 e. The number of ether oxygens (including phenoxy) is 1. The highest BCUT2D eigenvalue weighted by atomic mass is 16.5. The van der Waals surface area contributed by atoms with E-state index in [0.717, 1.165) is 35.9 Å². The van der Waals surface area contributed by atoms with Gasteiger partial charge < -0.3 is 14.1 Å². The number of hydrogen-bond acceptors (Lipinski definition) is 4. The number of carbonyl (C=O) groups excluding carboxylic acids is 1. The highest BCUT2D eigenvalue weighted by molar-refractivity contribution is 5.78. The number of hydrogen-bond donors (Lipinski definition) is 0. The number of nitrogens with zero attached hydrogens (tertiary/aromatic N) is 2. The van der Waals surface area contributed by atoms with Gasteiger partial charge in [-0.1, -0.05) is 18.2 Å². The Labute approximate surface area is 136 Å². The standard InChI is InChI=1S/C18H22N2O3/c1-14-7-8-16(23-14)12-19(2)18(21)13-20-9-10-22-17-6-4-3-5-15(17)11-20/h3-8H,9-13H2,1-2H3. The Kier molecular flexibility index (Phi) is 4.67. The molecule has 1 aromatic carbocycles. The Morgan fingerprint density at radius 3 is 2.87 bits per heavy atom. The fourth-order valence-corrected chi connectivity index (χ4v) is 2.72. The minimum absolute atomic E-state index is 0.0819. The highest BCUT2D eigenvalue weighted by Gasteiger charge is 2.19. The number of likely N-dealkylation sites (N-methyl/N-ethyl adjacent to an activating group) is 1. The summed E-state index contributed by atoms with van der Waals surface area (Å²) < 4.78 is 11.3. The molecule has 2 aromatic rings. The Balaban J connectivity index is 1.59. The zero-order valence-electron chi connectivity index (χ0n) is 13.6. The molecule has 0 saturated carbocycles. The van der Waals surface area contributed by atoms with Gasteiger partial charge in [-0.3, -0.25) is 9.69 Å². The van der Waals surface area contributed by atoms with Gasteiger partial charge in [-0.25, -0.2) is 0 Å². The number of furan rings is 1. The van der Waals surface area contributed by atoms with Crippen molar-refractivity contribution in [2.24, 2.45) is 0 Å². The van der Waals surface area contributed by atoms with Crippen molar-refractivity contribution in [3.8, 4) is 5.75 Å². The van der Waals surface area contributed by atoms with Crippen LogP contribution >= 0.6 is 0 Å². The van der Waals surface area contributed by atoms with Gasteiger partial charge >= 0.3 is 0 Å². The zero-order valence-corrected chi connectivity index (χ0v) is 13.6. The van der Waals surface area contributed by atoms with E-state index < -0.39 is 0 Å². The molecule has 0 N–H and O–H groups in total. The van der Waals surface area contributed by atoms with Crippen LogP contribution in [0, 0.1) is 6.92 Å². The average molecular weight is 314 g/mol. The molecule has 0 aliphatic carbocycles. The second-order valence-electron chi connectivity index (χ2n) is 5.93. The van der Waals surface area contributed by atoms with Gasteiger partial charge in [-0.2, -0.15) is 0 Å². The maximum absolute atomic E-state index is 12.4. The molecule has 0 atom stereocenters. The summed E-state index contributed by atoms with van der Waals surface area (Å²) in [6, 6.07) is 11.8. The smallest absolute Gasteiger partial charge is 0.236 e. The number of amides is 1. The zero-order chi connectivity index (χ0) is 16.2. The summed E-state index contributed by atoms with van der Waals surface area (Å²) in [6.07, 6.45) is 0. The number of aryl methyl sites for hydroxylation is 1. The fourth-order valence-electron chi connectivity index (χ4n) is 2.72. The summed E-state index contributed by atoms with van der Waals surface area (Å²) in [5.74, 6) is 2.67. The Morgan fingerprint density at radius 2 is 2.09 bits per heavy atom. The summed E-state index contributed by atoms with van der Waals surface area (Å²) in [6.45, 7) is 4.86. The van der Waals surface area contributed by atoms with Crippen LogP contribution in [0.25, 0.3) is 0 Å². The number of carbonyl (C=O) groups is 1. The lowest BCUT2D eigenvalue weighted by Crippen LogP contribution is -2.38. The molecule has 1 aliphatic rings. The molecule has 2 heterocycles. The van der Waals surface area contributed by atoms with Gasteiger partial charge in [0, 0.05) is 25.7 Å². The van der Waals surface area contributed by atoms with Crippen molar-refractivity contribution in [1.29, 1.82) is 0 Å². The predicted octanol–water partition coefficient (Wildman–Crippen LogP) is 2.44. The third-order valence-corrected chi connectivity index (χ3v) is 4.01. The lowest BCUT2D eigenvalue weighted by Gasteiger charge is -2.22. The van der Waals surface area contributed by atoms with Gasteiger partial charge in [-0.15, -0.1) is 0 Å². The average Bonchev–Trinajstić information content (AvgIpc) is 2.82. The van der Waals surface area contributed by atoms with Crippen LogP contribution in [0.3, 0.4) is 0 Å². The third kappa shape index (κ3) is 3.93. The second kappa shape index (κ2) is 6.87. The van der Waals surface area contributed by atoms with Gasteiger partial charge in [0.25, 0.3) is 0 Å². The Hall–Kier alpha value is -2.27. The number of rotatable bonds is 4. The molecule has 0 spiro atoms. The molecular weight excluding hydrogens is 292 g/mol. The molecule has 0 radical (unpaired) electrons. The van der Waals surface area contributed by atoms with Crippen molar-refractivity contribution >= 4 is 5.91 Å². The summed E-state index contributed by atoms with van der Waals surface area (Å²) >= 11 is 0. The summed E-state index contributed by atoms with van der Waals surface area (Å²) in [5, 5.41) is 0. The van der Waals surface area contributed by atoms with Gasteiger partial charge in [0.05, 0.1) is 13.1 Å². The van der Waals surface area contributed by atoms with Gasteiger partial charge in [0.2, 0.25) is 5.91 Å². The van der Waals surface area contributed by atoms with Gasteiger partial charge in [0.1, 0.15) is 23.9 Å². The maximum Gasteiger partial charge on any atom is 0.236 e. The van der Waals surface area contributed by atoms with Gasteiger partial charge in [0.15, 0.2) is 0 Å². The van der Waals surface area contributed by atoms with Crippen molar-refractivity contribution in [3.05, 3.63) is 53.5 Å². The highest BCUT2D eigenvalue weighted by Crippen LogP contribution is 2.22. The second-order valence-corrected chi connectivity index (χ2v) is 5.93. The van der Waals surface area contributed by atoms with Crippen molar-refractivity contribution in [2.75, 3.05) is 26.7 Å². The quantitative estimate of drug-likeness (QED) is 0.869. The van der Waals surface area contributed by atoms with E-state index in [2.05, 4.69) is 4.90 Å². The predicted molar refractivity (Wildman–Crippen MR) is 87.1 cm³/mol. The van der Waals surface area contributed by atoms with Crippen LogP contribution in [0.2, 0.25) is 0 Å². The first kappa shape index (κ1) is 15.6. The molecule has 23 heavy (non-hydrogen) atoms. The molecule has 5 nitrogen and oxygen atoms in total. The van der Waals surface area contributed by atoms with Crippen LogP contribution in [0.5, 0.6) is 5.75 Å². The fraction of sp³-hybridized carbons (Fsp3) is 0.389. The molecule has 0 bridgehead atoms. The first-order chi connectivity index (χ1) is 11.1. The maximum atomic E-state index is 12.4. The summed E-state index contributed by atoms with van der Waals surface area (Å²) in [4.78, 5) is 16.3. The monoisotopic (exact) mass is 314 g/mol. The van der Waals surface area contributed by atoms with Crippen LogP contribution < -0.4 is 4.74 Å². The largest absolute Gasteiger partial charge is 0.492 e. The lowest BCUT2D eigenvalue weighted by atomic mass is 10.2. The van der Waals surface area contributed by atoms with E-state index in [1.54, 1.807) is 4.90 Å². The number of para-hydroxylation sites is 1. The van der Waals surface area contributed by atoms with E-state index in [4.69, 9.17) is 9.15 Å². The SMILES string of the molecule is Cc1ccc(CN(C)C(=O)CN2CCOc3ccccc3C2)o1. The van der Waals surface area contributed by atoms with E-state index >= 15 is 0 Å². The molecule has 122 valence electrons. The minimum atomic E-state index is 0.0819. The van der Waals surface area contributed by atoms with Crippen molar-refractivity contribution < 1.29 is 13.9 Å². The van der Waals surface area contributed by atoms with Crippen LogP contribution in [-0.2, 0) is 17.9 Å². The van der Waals surface area contributed by atoms with Crippen molar-refractivity contribution in [1.82, 2.24) is 9.80 Å². The molecule has 0 fully saturated rings. The molecule has 0 unspecified atom stereocenters. The molecule has 3 rings (SSSR count). The number of fused-ring (bicyclic) bond motifs is 1. The van der Waals surface area contributed by atoms with Crippen molar-refractivity contribution in [3.63, 3.8) is 0 Å². The molecule has 1 aromatic heterocycles. The molecular formula is C18H22N2O3. The molecule has 1 amide bonds.